The van der Waals surface area contributed by atoms with Crippen molar-refractivity contribution in [2.24, 2.45) is 5.41 Å². The lowest BCUT2D eigenvalue weighted by Crippen LogP contribution is -2.33. The Bertz CT molecular complexity index is 217. The average molecular weight is 197 g/mol. The van der Waals surface area contributed by atoms with E-state index in [2.05, 4.69) is 4.90 Å². The molecule has 0 aromatic rings. The fourth-order valence-corrected chi connectivity index (χ4v) is 2.28. The molecule has 80 valence electrons. The Morgan fingerprint density at radius 1 is 1.21 bits per heavy atom. The van der Waals surface area contributed by atoms with E-state index in [-0.39, 0.29) is 5.41 Å². The molecular weight excluding hydrogens is 178 g/mol. The molecule has 2 aliphatic rings. The molecule has 1 heterocycles. The molecule has 0 radical (unpaired) electrons. The van der Waals surface area contributed by atoms with Crippen LogP contribution in [0.1, 0.15) is 38.5 Å². The Balaban J connectivity index is 1.73. The molecule has 0 aromatic carbocycles. The zero-order chi connectivity index (χ0) is 10.0. The first-order chi connectivity index (χ1) is 6.73. The lowest BCUT2D eigenvalue weighted by molar-refractivity contribution is -0.143. The minimum atomic E-state index is -0.575. The summed E-state index contributed by atoms with van der Waals surface area (Å²) in [5.41, 5.74) is -0.322. The van der Waals surface area contributed by atoms with E-state index in [4.69, 9.17) is 5.11 Å². The van der Waals surface area contributed by atoms with Crippen molar-refractivity contribution in [2.45, 2.75) is 38.5 Å². The van der Waals surface area contributed by atoms with E-state index in [0.717, 1.165) is 25.8 Å². The summed E-state index contributed by atoms with van der Waals surface area (Å²) in [5.74, 6) is -0.575. The van der Waals surface area contributed by atoms with Gasteiger partial charge in [-0.25, -0.2) is 0 Å². The van der Waals surface area contributed by atoms with Gasteiger partial charge in [0.1, 0.15) is 0 Å². The van der Waals surface area contributed by atoms with Crippen LogP contribution in [-0.4, -0.2) is 35.6 Å². The Labute approximate surface area is 85.1 Å². The van der Waals surface area contributed by atoms with Crippen molar-refractivity contribution in [3.63, 3.8) is 0 Å². The van der Waals surface area contributed by atoms with E-state index in [0.29, 0.717) is 0 Å². The molecule has 0 aromatic heterocycles. The molecule has 1 aliphatic heterocycles. The number of likely N-dealkylation sites (tertiary alicyclic amines) is 1. The minimum Gasteiger partial charge on any atom is -0.481 e. The third kappa shape index (κ3) is 2.08. The van der Waals surface area contributed by atoms with Gasteiger partial charge in [0.05, 0.1) is 5.41 Å². The molecule has 1 saturated carbocycles. The molecule has 3 nitrogen and oxygen atoms in total. The van der Waals surface area contributed by atoms with Crippen LogP contribution < -0.4 is 0 Å². The number of carbonyl (C=O) groups is 1. The smallest absolute Gasteiger partial charge is 0.309 e. The van der Waals surface area contributed by atoms with Gasteiger partial charge in [-0.3, -0.25) is 4.79 Å². The molecule has 0 spiro atoms. The van der Waals surface area contributed by atoms with E-state index < -0.39 is 5.97 Å². The van der Waals surface area contributed by atoms with Crippen molar-refractivity contribution in [2.75, 3.05) is 19.6 Å². The summed E-state index contributed by atoms with van der Waals surface area (Å²) in [6.07, 6.45) is 6.59. The third-order valence-electron chi connectivity index (χ3n) is 3.66. The van der Waals surface area contributed by atoms with Crippen LogP contribution in [0, 0.1) is 5.41 Å². The van der Waals surface area contributed by atoms with Crippen LogP contribution in [0.4, 0.5) is 0 Å². The highest BCUT2D eigenvalue weighted by molar-refractivity contribution is 5.77. The van der Waals surface area contributed by atoms with Crippen LogP contribution in [0.2, 0.25) is 0 Å². The van der Waals surface area contributed by atoms with Gasteiger partial charge in [0, 0.05) is 0 Å². The highest BCUT2D eigenvalue weighted by atomic mass is 16.4. The topological polar surface area (TPSA) is 40.5 Å². The number of hydrogen-bond donors (Lipinski definition) is 1. The van der Waals surface area contributed by atoms with E-state index >= 15 is 0 Å². The lowest BCUT2D eigenvalue weighted by Gasteiger charge is -2.27. The van der Waals surface area contributed by atoms with E-state index in [1.54, 1.807) is 0 Å². The molecule has 1 N–H and O–H groups in total. The average Bonchev–Trinajstić information content (AvgIpc) is 2.97. The van der Waals surface area contributed by atoms with Gasteiger partial charge in [0.25, 0.3) is 0 Å². The fourth-order valence-electron chi connectivity index (χ4n) is 2.28. The molecule has 2 fully saturated rings. The van der Waals surface area contributed by atoms with Gasteiger partial charge < -0.3 is 10.0 Å². The first-order valence-electron chi connectivity index (χ1n) is 5.69. The summed E-state index contributed by atoms with van der Waals surface area (Å²) >= 11 is 0. The Hall–Kier alpha value is -0.570. The monoisotopic (exact) mass is 197 g/mol. The van der Waals surface area contributed by atoms with Crippen LogP contribution >= 0.6 is 0 Å². The van der Waals surface area contributed by atoms with Gasteiger partial charge >= 0.3 is 5.97 Å². The van der Waals surface area contributed by atoms with Crippen LogP contribution in [0.5, 0.6) is 0 Å². The van der Waals surface area contributed by atoms with E-state index in [1.807, 2.05) is 0 Å². The number of nitrogens with zero attached hydrogens (tertiary/aromatic N) is 1. The molecule has 1 saturated heterocycles. The van der Waals surface area contributed by atoms with E-state index in [9.17, 15) is 4.79 Å². The molecule has 14 heavy (non-hydrogen) atoms. The largest absolute Gasteiger partial charge is 0.481 e. The summed E-state index contributed by atoms with van der Waals surface area (Å²) < 4.78 is 0. The van der Waals surface area contributed by atoms with E-state index in [1.165, 1.54) is 32.4 Å². The molecule has 1 aliphatic carbocycles. The summed E-state index contributed by atoms with van der Waals surface area (Å²) in [6.45, 7) is 3.34. The number of aliphatic carboxylic acids is 1. The lowest BCUT2D eigenvalue weighted by atomic mass is 10.0. The van der Waals surface area contributed by atoms with Gasteiger partial charge in [0.2, 0.25) is 0 Å². The van der Waals surface area contributed by atoms with Gasteiger partial charge in [0.15, 0.2) is 0 Å². The number of carboxylic acid groups (broad SMARTS) is 1. The number of piperidine rings is 1. The number of carboxylic acids is 1. The second-order valence-corrected chi connectivity index (χ2v) is 4.74. The molecule has 0 amide bonds. The standard InChI is InChI=1S/C11H19NO2/c13-10(14)11(4-5-11)6-9-12-7-2-1-3-8-12/h1-9H2,(H,13,14). The molecular formula is C11H19NO2. The Kier molecular flexibility index (Phi) is 2.77. The second-order valence-electron chi connectivity index (χ2n) is 4.74. The van der Waals surface area contributed by atoms with Gasteiger partial charge in [-0.05, 0) is 51.7 Å². The van der Waals surface area contributed by atoms with Crippen molar-refractivity contribution in [3.8, 4) is 0 Å². The summed E-state index contributed by atoms with van der Waals surface area (Å²) in [6, 6.07) is 0. The fraction of sp³-hybridized carbons (Fsp3) is 0.909. The summed E-state index contributed by atoms with van der Waals surface area (Å²) in [4.78, 5) is 13.4. The molecule has 2 rings (SSSR count). The minimum absolute atomic E-state index is 0.322. The van der Waals surface area contributed by atoms with Crippen LogP contribution in [0.25, 0.3) is 0 Å². The third-order valence-corrected chi connectivity index (χ3v) is 3.66. The maximum Gasteiger partial charge on any atom is 0.309 e. The van der Waals surface area contributed by atoms with Gasteiger partial charge in [-0.15, -0.1) is 0 Å². The SMILES string of the molecule is O=C(O)C1(CCN2CCCCC2)CC1. The number of hydrogen-bond acceptors (Lipinski definition) is 2. The number of rotatable bonds is 4. The Morgan fingerprint density at radius 3 is 2.36 bits per heavy atom. The highest BCUT2D eigenvalue weighted by Crippen LogP contribution is 2.49. The van der Waals surface area contributed by atoms with Gasteiger partial charge in [-0.1, -0.05) is 6.42 Å². The molecule has 0 atom stereocenters. The van der Waals surface area contributed by atoms with Crippen molar-refractivity contribution >= 4 is 5.97 Å². The maximum atomic E-state index is 10.9. The first kappa shape index (κ1) is 9.97. The van der Waals surface area contributed by atoms with Crippen molar-refractivity contribution in [1.29, 1.82) is 0 Å². The molecule has 0 bridgehead atoms. The van der Waals surface area contributed by atoms with Crippen LogP contribution in [0.3, 0.4) is 0 Å². The zero-order valence-corrected chi connectivity index (χ0v) is 8.67. The van der Waals surface area contributed by atoms with Gasteiger partial charge in [-0.2, -0.15) is 0 Å². The Morgan fingerprint density at radius 2 is 1.86 bits per heavy atom. The van der Waals surface area contributed by atoms with Crippen LogP contribution in [0.15, 0.2) is 0 Å². The molecule has 3 heteroatoms. The van der Waals surface area contributed by atoms with Crippen molar-refractivity contribution in [3.05, 3.63) is 0 Å². The quantitative estimate of drug-likeness (QED) is 0.746. The maximum absolute atomic E-state index is 10.9. The van der Waals surface area contributed by atoms with Crippen LogP contribution in [-0.2, 0) is 4.79 Å². The summed E-state index contributed by atoms with van der Waals surface area (Å²) in [7, 11) is 0. The first-order valence-corrected chi connectivity index (χ1v) is 5.69. The molecule has 0 unspecified atom stereocenters. The zero-order valence-electron chi connectivity index (χ0n) is 8.67. The van der Waals surface area contributed by atoms with Crippen molar-refractivity contribution in [1.82, 2.24) is 4.90 Å². The highest BCUT2D eigenvalue weighted by Gasteiger charge is 2.49. The summed E-state index contributed by atoms with van der Waals surface area (Å²) in [5, 5.41) is 9.01. The predicted molar refractivity (Wildman–Crippen MR) is 54.2 cm³/mol. The van der Waals surface area contributed by atoms with Crippen molar-refractivity contribution < 1.29 is 9.90 Å². The normalized spacial score (nSPS) is 26.0. The second kappa shape index (κ2) is 3.89. The predicted octanol–water partition coefficient (Wildman–Crippen LogP) is 1.73.